The average Bonchev–Trinajstić information content (AvgIpc) is 3.27. The maximum absolute atomic E-state index is 12.5. The number of carbonyl (C=O) groups excluding carboxylic acids is 1. The van der Waals surface area contributed by atoms with Crippen LogP contribution in [0.4, 0.5) is 5.82 Å². The Hall–Kier alpha value is -2.97. The number of aryl methyl sites for hydroxylation is 3. The van der Waals surface area contributed by atoms with Crippen LogP contribution in [-0.4, -0.2) is 40.2 Å². The number of hydrogen-bond donors (Lipinski definition) is 1. The number of nitrogens with one attached hydrogen (secondary N) is 1. The molecule has 0 aromatic carbocycles. The van der Waals surface area contributed by atoms with Gasteiger partial charge in [0.1, 0.15) is 17.3 Å². The molecule has 0 aliphatic carbocycles. The molecule has 9 heteroatoms. The Bertz CT molecular complexity index is 903. The van der Waals surface area contributed by atoms with E-state index in [9.17, 15) is 4.79 Å². The minimum Gasteiger partial charge on any atom is -0.314 e. The predicted octanol–water partition coefficient (Wildman–Crippen LogP) is 1.00. The quantitative estimate of drug-likeness (QED) is 0.775. The van der Waals surface area contributed by atoms with Crippen molar-refractivity contribution in [3.05, 3.63) is 30.1 Å². The first kappa shape index (κ1) is 14.6. The van der Waals surface area contributed by atoms with Gasteiger partial charge in [-0.25, -0.2) is 4.98 Å². The number of hydrogen-bond acceptors (Lipinski definition) is 5. The number of fused-ring (bicyclic) bond motifs is 1. The molecule has 1 aliphatic heterocycles. The largest absolute Gasteiger partial charge is 0.314 e. The fourth-order valence-electron chi connectivity index (χ4n) is 2.98. The lowest BCUT2D eigenvalue weighted by Crippen LogP contribution is -2.19. The molecule has 0 fully saturated rings. The molecule has 124 valence electrons. The van der Waals surface area contributed by atoms with Gasteiger partial charge < -0.3 is 9.88 Å². The van der Waals surface area contributed by atoms with Crippen molar-refractivity contribution in [1.82, 2.24) is 34.3 Å². The summed E-state index contributed by atoms with van der Waals surface area (Å²) in [6, 6.07) is 0. The Kier molecular flexibility index (Phi) is 3.40. The lowest BCUT2D eigenvalue weighted by Gasteiger charge is -2.16. The van der Waals surface area contributed by atoms with E-state index in [1.807, 2.05) is 13.2 Å². The molecule has 0 saturated carbocycles. The molecule has 1 aliphatic rings. The van der Waals surface area contributed by atoms with Crippen molar-refractivity contribution in [1.29, 1.82) is 0 Å². The summed E-state index contributed by atoms with van der Waals surface area (Å²) in [6.45, 7) is 0.846. The van der Waals surface area contributed by atoms with Gasteiger partial charge in [0.05, 0.1) is 12.4 Å². The Morgan fingerprint density at radius 1 is 1.21 bits per heavy atom. The first-order valence-electron chi connectivity index (χ1n) is 7.88. The fourth-order valence-corrected chi connectivity index (χ4v) is 2.98. The lowest BCUT2D eigenvalue weighted by molar-refractivity contribution is 0.102. The van der Waals surface area contributed by atoms with Crippen LogP contribution in [0.25, 0.3) is 11.3 Å². The van der Waals surface area contributed by atoms with Crippen LogP contribution in [0.3, 0.4) is 0 Å². The molecule has 1 N–H and O–H groups in total. The van der Waals surface area contributed by atoms with E-state index in [1.54, 1.807) is 24.1 Å². The highest BCUT2D eigenvalue weighted by atomic mass is 16.2. The van der Waals surface area contributed by atoms with Crippen LogP contribution in [0.5, 0.6) is 0 Å². The summed E-state index contributed by atoms with van der Waals surface area (Å²) in [5, 5.41) is 14.9. The van der Waals surface area contributed by atoms with Crippen LogP contribution in [0.1, 0.15) is 29.2 Å². The second-order valence-corrected chi connectivity index (χ2v) is 5.97. The molecule has 3 aromatic rings. The van der Waals surface area contributed by atoms with Crippen LogP contribution in [0.2, 0.25) is 0 Å². The monoisotopic (exact) mass is 326 g/mol. The van der Waals surface area contributed by atoms with Gasteiger partial charge in [-0.05, 0) is 12.8 Å². The first-order valence-corrected chi connectivity index (χ1v) is 7.88. The molecule has 0 radical (unpaired) electrons. The SMILES string of the molecule is Cn1cc(-c2nc3n(c2NC(=O)c2cn(C)nn2)CCCC3)cn1. The number of aromatic nitrogens is 7. The standard InChI is InChI=1S/C15H18N8O/c1-21-8-10(7-16-21)13-14(23-6-4-3-5-12(23)17-13)18-15(24)11-9-22(2)20-19-11/h7-9H,3-6H2,1-2H3,(H,18,24). The predicted molar refractivity (Wildman–Crippen MR) is 86.3 cm³/mol. The number of anilines is 1. The molecule has 0 saturated heterocycles. The second-order valence-electron chi connectivity index (χ2n) is 5.97. The van der Waals surface area contributed by atoms with Gasteiger partial charge >= 0.3 is 0 Å². The maximum Gasteiger partial charge on any atom is 0.279 e. The van der Waals surface area contributed by atoms with Crippen molar-refractivity contribution in [2.24, 2.45) is 14.1 Å². The molecule has 9 nitrogen and oxygen atoms in total. The van der Waals surface area contributed by atoms with E-state index >= 15 is 0 Å². The zero-order valence-corrected chi connectivity index (χ0v) is 13.6. The summed E-state index contributed by atoms with van der Waals surface area (Å²) in [5.74, 6) is 1.41. The van der Waals surface area contributed by atoms with Crippen LogP contribution in [0.15, 0.2) is 18.6 Å². The van der Waals surface area contributed by atoms with E-state index in [0.717, 1.165) is 42.9 Å². The van der Waals surface area contributed by atoms with Crippen LogP contribution in [-0.2, 0) is 27.1 Å². The third-order valence-electron chi connectivity index (χ3n) is 4.12. The van der Waals surface area contributed by atoms with Crippen molar-refractivity contribution in [2.75, 3.05) is 5.32 Å². The summed E-state index contributed by atoms with van der Waals surface area (Å²) in [6.07, 6.45) is 8.34. The van der Waals surface area contributed by atoms with Crippen LogP contribution in [0, 0.1) is 0 Å². The molecular formula is C15H18N8O. The molecular weight excluding hydrogens is 308 g/mol. The van der Waals surface area contributed by atoms with Gasteiger partial charge in [0, 0.05) is 38.8 Å². The fraction of sp³-hybridized carbons (Fsp3) is 0.400. The Labute approximate surface area is 138 Å². The van der Waals surface area contributed by atoms with E-state index in [1.165, 1.54) is 4.68 Å². The smallest absolute Gasteiger partial charge is 0.279 e. The van der Waals surface area contributed by atoms with Gasteiger partial charge in [-0.15, -0.1) is 5.10 Å². The van der Waals surface area contributed by atoms with E-state index < -0.39 is 0 Å². The number of carbonyl (C=O) groups is 1. The third-order valence-corrected chi connectivity index (χ3v) is 4.12. The summed E-state index contributed by atoms with van der Waals surface area (Å²) < 4.78 is 5.31. The van der Waals surface area contributed by atoms with Gasteiger partial charge in [-0.1, -0.05) is 5.21 Å². The molecule has 0 bridgehead atoms. The normalized spacial score (nSPS) is 13.8. The zero-order chi connectivity index (χ0) is 16.7. The van der Waals surface area contributed by atoms with Crippen molar-refractivity contribution >= 4 is 11.7 Å². The third kappa shape index (κ3) is 2.47. The molecule has 4 rings (SSSR count). The minimum absolute atomic E-state index is 0.279. The van der Waals surface area contributed by atoms with Gasteiger partial charge in [0.25, 0.3) is 5.91 Å². The minimum atomic E-state index is -0.290. The van der Waals surface area contributed by atoms with Gasteiger partial charge in [-0.2, -0.15) is 5.10 Å². The number of nitrogens with zero attached hydrogens (tertiary/aromatic N) is 7. The van der Waals surface area contributed by atoms with E-state index in [0.29, 0.717) is 5.82 Å². The number of imidazole rings is 1. The Morgan fingerprint density at radius 3 is 2.79 bits per heavy atom. The number of rotatable bonds is 3. The molecule has 0 atom stereocenters. The summed E-state index contributed by atoms with van der Waals surface area (Å²) in [5.41, 5.74) is 1.91. The summed E-state index contributed by atoms with van der Waals surface area (Å²) in [7, 11) is 3.59. The van der Waals surface area contributed by atoms with Gasteiger partial charge in [0.2, 0.25) is 0 Å². The lowest BCUT2D eigenvalue weighted by atomic mass is 10.2. The first-order chi connectivity index (χ1) is 11.6. The van der Waals surface area contributed by atoms with Crippen molar-refractivity contribution < 1.29 is 4.79 Å². The van der Waals surface area contributed by atoms with E-state index in [-0.39, 0.29) is 11.6 Å². The topological polar surface area (TPSA) is 95.5 Å². The molecule has 24 heavy (non-hydrogen) atoms. The van der Waals surface area contributed by atoms with Crippen molar-refractivity contribution in [3.8, 4) is 11.3 Å². The maximum atomic E-state index is 12.5. The van der Waals surface area contributed by atoms with Gasteiger partial charge in [0.15, 0.2) is 5.69 Å². The summed E-state index contributed by atoms with van der Waals surface area (Å²) in [4.78, 5) is 17.3. The Balaban J connectivity index is 1.75. The zero-order valence-electron chi connectivity index (χ0n) is 13.6. The van der Waals surface area contributed by atoms with E-state index in [2.05, 4.69) is 25.3 Å². The van der Waals surface area contributed by atoms with Crippen LogP contribution < -0.4 is 5.32 Å². The molecule has 3 aromatic heterocycles. The van der Waals surface area contributed by atoms with Gasteiger partial charge in [-0.3, -0.25) is 14.2 Å². The highest BCUT2D eigenvalue weighted by Gasteiger charge is 2.24. The molecule has 0 spiro atoms. The molecule has 4 heterocycles. The van der Waals surface area contributed by atoms with Crippen LogP contribution >= 0.6 is 0 Å². The highest BCUT2D eigenvalue weighted by molar-refractivity contribution is 6.03. The average molecular weight is 326 g/mol. The van der Waals surface area contributed by atoms with Crippen molar-refractivity contribution in [3.63, 3.8) is 0 Å². The highest BCUT2D eigenvalue weighted by Crippen LogP contribution is 2.31. The molecule has 1 amide bonds. The van der Waals surface area contributed by atoms with Crippen molar-refractivity contribution in [2.45, 2.75) is 25.8 Å². The van der Waals surface area contributed by atoms with E-state index in [4.69, 9.17) is 4.98 Å². The molecule has 0 unspecified atom stereocenters. The number of amides is 1. The second kappa shape index (κ2) is 5.59. The Morgan fingerprint density at radius 2 is 2.08 bits per heavy atom. The summed E-state index contributed by atoms with van der Waals surface area (Å²) >= 11 is 0.